The summed E-state index contributed by atoms with van der Waals surface area (Å²) in [5, 5.41) is 0. The van der Waals surface area contributed by atoms with Crippen molar-refractivity contribution in [1.29, 1.82) is 0 Å². The zero-order valence-corrected chi connectivity index (χ0v) is 12.2. The van der Waals surface area contributed by atoms with E-state index in [9.17, 15) is 0 Å². The van der Waals surface area contributed by atoms with Crippen molar-refractivity contribution < 1.29 is 0 Å². The molecule has 0 atom stereocenters. The van der Waals surface area contributed by atoms with Crippen LogP contribution in [0.1, 0.15) is 39.2 Å². The third-order valence-electron chi connectivity index (χ3n) is 3.11. The monoisotopic (exact) mass is 248 g/mol. The van der Waals surface area contributed by atoms with Crippen molar-refractivity contribution in [3.63, 3.8) is 0 Å². The van der Waals surface area contributed by atoms with E-state index in [1.54, 1.807) is 0 Å². The Morgan fingerprint density at radius 2 is 1.72 bits per heavy atom. The zero-order chi connectivity index (χ0) is 13.4. The zero-order valence-electron chi connectivity index (χ0n) is 12.2. The Labute approximate surface area is 112 Å². The third kappa shape index (κ3) is 6.77. The van der Waals surface area contributed by atoms with Gasteiger partial charge in [-0.2, -0.15) is 0 Å². The third-order valence-corrected chi connectivity index (χ3v) is 3.11. The molecule has 1 aromatic rings. The molecule has 0 saturated heterocycles. The molecule has 2 heteroatoms. The van der Waals surface area contributed by atoms with E-state index < -0.39 is 0 Å². The molecule has 0 unspecified atom stereocenters. The summed E-state index contributed by atoms with van der Waals surface area (Å²) >= 11 is 0. The molecule has 0 saturated carbocycles. The van der Waals surface area contributed by atoms with E-state index in [0.717, 1.165) is 32.6 Å². The first-order valence-electron chi connectivity index (χ1n) is 6.97. The van der Waals surface area contributed by atoms with Crippen LogP contribution < -0.4 is 5.73 Å². The Morgan fingerprint density at radius 3 is 2.28 bits per heavy atom. The summed E-state index contributed by atoms with van der Waals surface area (Å²) in [6, 6.07) is 10.7. The molecule has 0 aromatic heterocycles. The molecule has 102 valence electrons. The van der Waals surface area contributed by atoms with Crippen molar-refractivity contribution >= 4 is 0 Å². The van der Waals surface area contributed by atoms with Gasteiger partial charge in [0.05, 0.1) is 0 Å². The van der Waals surface area contributed by atoms with Crippen LogP contribution in [0.15, 0.2) is 30.3 Å². The van der Waals surface area contributed by atoms with Crippen LogP contribution in [0.2, 0.25) is 0 Å². The largest absolute Gasteiger partial charge is 0.330 e. The molecular formula is C16H28N2. The second kappa shape index (κ2) is 7.55. The molecule has 0 bridgehead atoms. The second-order valence-electron chi connectivity index (χ2n) is 6.21. The molecule has 2 nitrogen and oxygen atoms in total. The van der Waals surface area contributed by atoms with Gasteiger partial charge >= 0.3 is 0 Å². The summed E-state index contributed by atoms with van der Waals surface area (Å²) in [6.07, 6.45) is 2.31. The maximum absolute atomic E-state index is 5.63. The number of nitrogens with zero attached hydrogens (tertiary/aromatic N) is 1. The van der Waals surface area contributed by atoms with Gasteiger partial charge in [0.25, 0.3) is 0 Å². The fraction of sp³-hybridized carbons (Fsp3) is 0.625. The van der Waals surface area contributed by atoms with E-state index in [1.165, 1.54) is 12.0 Å². The summed E-state index contributed by atoms with van der Waals surface area (Å²) < 4.78 is 0. The van der Waals surface area contributed by atoms with Gasteiger partial charge in [-0.1, -0.05) is 51.1 Å². The van der Waals surface area contributed by atoms with Crippen molar-refractivity contribution in [2.24, 2.45) is 11.1 Å². The lowest BCUT2D eigenvalue weighted by Crippen LogP contribution is -2.29. The van der Waals surface area contributed by atoms with Gasteiger partial charge in [0.1, 0.15) is 0 Å². The average Bonchev–Trinajstić information content (AvgIpc) is 2.33. The van der Waals surface area contributed by atoms with Crippen LogP contribution in [0.4, 0.5) is 0 Å². The topological polar surface area (TPSA) is 29.3 Å². The van der Waals surface area contributed by atoms with Gasteiger partial charge in [0.15, 0.2) is 0 Å². The quantitative estimate of drug-likeness (QED) is 0.802. The van der Waals surface area contributed by atoms with Gasteiger partial charge in [0, 0.05) is 6.54 Å². The SMILES string of the molecule is CC(C)(C)CCN(CCCN)Cc1ccccc1. The molecular weight excluding hydrogens is 220 g/mol. The lowest BCUT2D eigenvalue weighted by Gasteiger charge is -2.26. The molecule has 0 fully saturated rings. The van der Waals surface area contributed by atoms with Crippen molar-refractivity contribution in [3.05, 3.63) is 35.9 Å². The van der Waals surface area contributed by atoms with E-state index in [0.29, 0.717) is 5.41 Å². The molecule has 0 aliphatic carbocycles. The van der Waals surface area contributed by atoms with Crippen molar-refractivity contribution in [2.45, 2.75) is 40.2 Å². The highest BCUT2D eigenvalue weighted by molar-refractivity contribution is 5.14. The van der Waals surface area contributed by atoms with E-state index in [-0.39, 0.29) is 0 Å². The molecule has 0 radical (unpaired) electrons. The molecule has 0 amide bonds. The Hall–Kier alpha value is -0.860. The van der Waals surface area contributed by atoms with Crippen LogP contribution in [0.3, 0.4) is 0 Å². The first-order chi connectivity index (χ1) is 8.51. The van der Waals surface area contributed by atoms with Crippen molar-refractivity contribution in [3.8, 4) is 0 Å². The van der Waals surface area contributed by atoms with Gasteiger partial charge in [-0.3, -0.25) is 4.90 Å². The molecule has 0 aliphatic rings. The Kier molecular flexibility index (Phi) is 6.37. The van der Waals surface area contributed by atoms with Crippen LogP contribution in [0.25, 0.3) is 0 Å². The van der Waals surface area contributed by atoms with Crippen LogP contribution in [0, 0.1) is 5.41 Å². The molecule has 1 aromatic carbocycles. The van der Waals surface area contributed by atoms with Gasteiger partial charge in [0.2, 0.25) is 0 Å². The highest BCUT2D eigenvalue weighted by Gasteiger charge is 2.13. The summed E-state index contributed by atoms with van der Waals surface area (Å²) in [7, 11) is 0. The Balaban J connectivity index is 2.50. The molecule has 1 rings (SSSR count). The number of nitrogens with two attached hydrogens (primary N) is 1. The standard InChI is InChI=1S/C16H28N2/c1-16(2,3)10-13-18(12-7-11-17)14-15-8-5-4-6-9-15/h4-6,8-9H,7,10-14,17H2,1-3H3. The number of rotatable bonds is 7. The normalized spacial score (nSPS) is 12.1. The Bertz CT molecular complexity index is 314. The summed E-state index contributed by atoms with van der Waals surface area (Å²) in [5.74, 6) is 0. The maximum atomic E-state index is 5.63. The minimum atomic E-state index is 0.400. The van der Waals surface area contributed by atoms with E-state index in [2.05, 4.69) is 56.0 Å². The van der Waals surface area contributed by atoms with Crippen molar-refractivity contribution in [2.75, 3.05) is 19.6 Å². The molecule has 0 heterocycles. The van der Waals surface area contributed by atoms with E-state index >= 15 is 0 Å². The lowest BCUT2D eigenvalue weighted by molar-refractivity contribution is 0.219. The van der Waals surface area contributed by atoms with Crippen LogP contribution in [-0.2, 0) is 6.54 Å². The molecule has 0 spiro atoms. The smallest absolute Gasteiger partial charge is 0.0233 e. The summed E-state index contributed by atoms with van der Waals surface area (Å²) in [4.78, 5) is 2.52. The molecule has 0 aliphatic heterocycles. The van der Waals surface area contributed by atoms with Crippen LogP contribution >= 0.6 is 0 Å². The van der Waals surface area contributed by atoms with Crippen LogP contribution in [-0.4, -0.2) is 24.5 Å². The molecule has 2 N–H and O–H groups in total. The second-order valence-corrected chi connectivity index (χ2v) is 6.21. The number of hydrogen-bond donors (Lipinski definition) is 1. The lowest BCUT2D eigenvalue weighted by atomic mass is 9.92. The fourth-order valence-corrected chi connectivity index (χ4v) is 1.92. The fourth-order valence-electron chi connectivity index (χ4n) is 1.92. The highest BCUT2D eigenvalue weighted by atomic mass is 15.1. The molecule has 18 heavy (non-hydrogen) atoms. The summed E-state index contributed by atoms with van der Waals surface area (Å²) in [5.41, 5.74) is 7.42. The van der Waals surface area contributed by atoms with Crippen molar-refractivity contribution in [1.82, 2.24) is 4.90 Å². The highest BCUT2D eigenvalue weighted by Crippen LogP contribution is 2.19. The van der Waals surface area contributed by atoms with Gasteiger partial charge in [-0.15, -0.1) is 0 Å². The summed E-state index contributed by atoms with van der Waals surface area (Å²) in [6.45, 7) is 11.0. The van der Waals surface area contributed by atoms with E-state index in [1.807, 2.05) is 0 Å². The van der Waals surface area contributed by atoms with Gasteiger partial charge in [-0.05, 0) is 43.5 Å². The number of benzene rings is 1. The minimum absolute atomic E-state index is 0.400. The van der Waals surface area contributed by atoms with Crippen LogP contribution in [0.5, 0.6) is 0 Å². The first-order valence-corrected chi connectivity index (χ1v) is 6.97. The minimum Gasteiger partial charge on any atom is -0.330 e. The first kappa shape index (κ1) is 15.2. The predicted molar refractivity (Wildman–Crippen MR) is 79.5 cm³/mol. The number of hydrogen-bond acceptors (Lipinski definition) is 2. The average molecular weight is 248 g/mol. The van der Waals surface area contributed by atoms with Gasteiger partial charge in [-0.25, -0.2) is 0 Å². The van der Waals surface area contributed by atoms with Gasteiger partial charge < -0.3 is 5.73 Å². The maximum Gasteiger partial charge on any atom is 0.0233 e. The Morgan fingerprint density at radius 1 is 1.06 bits per heavy atom. The van der Waals surface area contributed by atoms with E-state index in [4.69, 9.17) is 5.73 Å². The predicted octanol–water partition coefficient (Wildman–Crippen LogP) is 3.27.